The number of amides is 1. The van der Waals surface area contributed by atoms with E-state index >= 15 is 0 Å². The number of fused-ring (bicyclic) bond motifs is 2. The van der Waals surface area contributed by atoms with Crippen LogP contribution in [0.5, 0.6) is 5.75 Å². The van der Waals surface area contributed by atoms with Crippen molar-refractivity contribution in [1.82, 2.24) is 14.8 Å². The summed E-state index contributed by atoms with van der Waals surface area (Å²) in [6.45, 7) is 6.67. The molecule has 2 aromatic carbocycles. The van der Waals surface area contributed by atoms with E-state index in [1.165, 1.54) is 22.5 Å². The van der Waals surface area contributed by atoms with Crippen LogP contribution in [-0.2, 0) is 4.79 Å². The smallest absolute Gasteiger partial charge is 0.226 e. The van der Waals surface area contributed by atoms with Crippen LogP contribution in [0.1, 0.15) is 41.6 Å². The highest BCUT2D eigenvalue weighted by Gasteiger charge is 2.33. The molecule has 152 valence electrons. The summed E-state index contributed by atoms with van der Waals surface area (Å²) in [7, 11) is 0. The summed E-state index contributed by atoms with van der Waals surface area (Å²) in [4.78, 5) is 17.4. The molecule has 5 rings (SSSR count). The number of carbonyl (C=O) groups is 1. The van der Waals surface area contributed by atoms with Crippen LogP contribution in [0.15, 0.2) is 42.5 Å². The number of benzene rings is 2. The van der Waals surface area contributed by atoms with Crippen LogP contribution in [0, 0.1) is 13.8 Å². The van der Waals surface area contributed by atoms with E-state index in [1.807, 2.05) is 44.2 Å². The number of hydrogen-bond donors (Lipinski definition) is 1. The minimum atomic E-state index is -0.0114. The molecule has 1 atom stereocenters. The molecule has 0 aliphatic carbocycles. The zero-order valence-electron chi connectivity index (χ0n) is 17.1. The SMILES string of the molecule is CCOc1ccc2nc(-n3nc(C)c4c3NC(=O)C[C@H]4c3ccccc3C)sc2c1. The van der Waals surface area contributed by atoms with Gasteiger partial charge in [0, 0.05) is 17.9 Å². The summed E-state index contributed by atoms with van der Waals surface area (Å²) in [5, 5.41) is 8.55. The van der Waals surface area contributed by atoms with Crippen LogP contribution in [0.4, 0.5) is 5.82 Å². The monoisotopic (exact) mass is 418 g/mol. The van der Waals surface area contributed by atoms with Crippen LogP contribution in [0.3, 0.4) is 0 Å². The minimum absolute atomic E-state index is 0.00311. The third-order valence-electron chi connectivity index (χ3n) is 5.51. The molecule has 0 saturated heterocycles. The summed E-state index contributed by atoms with van der Waals surface area (Å²) >= 11 is 1.54. The number of nitrogens with one attached hydrogen (secondary N) is 1. The van der Waals surface area contributed by atoms with E-state index in [9.17, 15) is 4.79 Å². The average Bonchev–Trinajstić information content (AvgIpc) is 3.28. The van der Waals surface area contributed by atoms with Crippen LogP contribution in [0.25, 0.3) is 15.3 Å². The molecule has 1 N–H and O–H groups in total. The van der Waals surface area contributed by atoms with Gasteiger partial charge in [-0.15, -0.1) is 0 Å². The largest absolute Gasteiger partial charge is 0.494 e. The van der Waals surface area contributed by atoms with Gasteiger partial charge in [0.05, 0.1) is 22.5 Å². The first kappa shape index (κ1) is 18.8. The van der Waals surface area contributed by atoms with E-state index in [0.29, 0.717) is 13.0 Å². The number of carbonyl (C=O) groups excluding carboxylic acids is 1. The van der Waals surface area contributed by atoms with Gasteiger partial charge in [-0.1, -0.05) is 35.6 Å². The van der Waals surface area contributed by atoms with Crippen molar-refractivity contribution in [2.24, 2.45) is 0 Å². The van der Waals surface area contributed by atoms with Crippen molar-refractivity contribution in [3.63, 3.8) is 0 Å². The highest BCUT2D eigenvalue weighted by molar-refractivity contribution is 7.20. The Hall–Kier alpha value is -3.19. The number of thiazole rings is 1. The Morgan fingerprint density at radius 3 is 2.87 bits per heavy atom. The molecule has 1 amide bonds. The predicted octanol–water partition coefficient (Wildman–Crippen LogP) is 4.97. The maximum absolute atomic E-state index is 12.6. The first-order valence-electron chi connectivity index (χ1n) is 10.0. The highest BCUT2D eigenvalue weighted by Crippen LogP contribution is 2.42. The van der Waals surface area contributed by atoms with Crippen LogP contribution < -0.4 is 10.1 Å². The molecule has 0 spiro atoms. The molecule has 0 saturated carbocycles. The number of ether oxygens (including phenoxy) is 1. The fourth-order valence-electron chi connectivity index (χ4n) is 4.17. The molecule has 6 nitrogen and oxygen atoms in total. The summed E-state index contributed by atoms with van der Waals surface area (Å²) in [5.74, 6) is 1.53. The Kier molecular flexibility index (Phi) is 4.55. The molecule has 1 aliphatic heterocycles. The van der Waals surface area contributed by atoms with Crippen molar-refractivity contribution < 1.29 is 9.53 Å². The van der Waals surface area contributed by atoms with E-state index in [0.717, 1.165) is 38.2 Å². The molecule has 2 aromatic heterocycles. The highest BCUT2D eigenvalue weighted by atomic mass is 32.1. The van der Waals surface area contributed by atoms with Crippen LogP contribution in [0.2, 0.25) is 0 Å². The summed E-state index contributed by atoms with van der Waals surface area (Å²) in [5.41, 5.74) is 5.21. The van der Waals surface area contributed by atoms with E-state index in [2.05, 4.69) is 24.4 Å². The number of aryl methyl sites for hydroxylation is 2. The quantitative estimate of drug-likeness (QED) is 0.508. The number of rotatable bonds is 4. The van der Waals surface area contributed by atoms with Crippen molar-refractivity contribution in [2.75, 3.05) is 11.9 Å². The molecule has 3 heterocycles. The fraction of sp³-hybridized carbons (Fsp3) is 0.261. The molecule has 0 unspecified atom stereocenters. The molecule has 0 radical (unpaired) electrons. The zero-order chi connectivity index (χ0) is 20.8. The van der Waals surface area contributed by atoms with Crippen molar-refractivity contribution in [3.05, 3.63) is 64.8 Å². The lowest BCUT2D eigenvalue weighted by atomic mass is 9.84. The molecule has 4 aromatic rings. The van der Waals surface area contributed by atoms with E-state index in [1.54, 1.807) is 4.68 Å². The topological polar surface area (TPSA) is 69.0 Å². The number of nitrogens with zero attached hydrogens (tertiary/aromatic N) is 3. The molecular weight excluding hydrogens is 396 g/mol. The Morgan fingerprint density at radius 2 is 2.07 bits per heavy atom. The van der Waals surface area contributed by atoms with E-state index < -0.39 is 0 Å². The summed E-state index contributed by atoms with van der Waals surface area (Å²) < 4.78 is 8.41. The lowest BCUT2D eigenvalue weighted by Gasteiger charge is -2.25. The third kappa shape index (κ3) is 3.06. The van der Waals surface area contributed by atoms with E-state index in [-0.39, 0.29) is 11.8 Å². The first-order chi connectivity index (χ1) is 14.5. The van der Waals surface area contributed by atoms with Gasteiger partial charge in [0.2, 0.25) is 11.0 Å². The van der Waals surface area contributed by atoms with Crippen molar-refractivity contribution in [1.29, 1.82) is 0 Å². The lowest BCUT2D eigenvalue weighted by molar-refractivity contribution is -0.116. The van der Waals surface area contributed by atoms with Gasteiger partial charge >= 0.3 is 0 Å². The molecule has 0 bridgehead atoms. The van der Waals surface area contributed by atoms with Gasteiger partial charge in [-0.3, -0.25) is 4.79 Å². The first-order valence-corrected chi connectivity index (χ1v) is 10.9. The molecule has 1 aliphatic rings. The van der Waals surface area contributed by atoms with E-state index in [4.69, 9.17) is 14.8 Å². The second kappa shape index (κ2) is 7.25. The maximum atomic E-state index is 12.6. The molecular formula is C23H22N4O2S. The van der Waals surface area contributed by atoms with Crippen LogP contribution in [-0.4, -0.2) is 27.3 Å². The fourth-order valence-corrected chi connectivity index (χ4v) is 5.12. The molecule has 7 heteroatoms. The summed E-state index contributed by atoms with van der Waals surface area (Å²) in [6, 6.07) is 14.1. The Morgan fingerprint density at radius 1 is 1.23 bits per heavy atom. The standard InChI is InChI=1S/C23H22N4O2S/c1-4-29-15-9-10-18-19(11-15)30-23(24-18)27-22-21(14(3)26-27)17(12-20(28)25-22)16-8-6-5-7-13(16)2/h5-11,17H,4,12H2,1-3H3,(H,25,28)/t17-/m0/s1. The van der Waals surface area contributed by atoms with Gasteiger partial charge in [-0.25, -0.2) is 4.98 Å². The second-order valence-corrected chi connectivity index (χ2v) is 8.49. The lowest BCUT2D eigenvalue weighted by Crippen LogP contribution is -2.25. The van der Waals surface area contributed by atoms with Crippen molar-refractivity contribution in [3.8, 4) is 10.9 Å². The Balaban J connectivity index is 1.64. The number of anilines is 1. The van der Waals surface area contributed by atoms with Gasteiger partial charge in [0.15, 0.2) is 0 Å². The molecule has 0 fully saturated rings. The van der Waals surface area contributed by atoms with Gasteiger partial charge in [0.25, 0.3) is 0 Å². The van der Waals surface area contributed by atoms with Crippen LogP contribution >= 0.6 is 11.3 Å². The summed E-state index contributed by atoms with van der Waals surface area (Å²) in [6.07, 6.45) is 0.419. The van der Waals surface area contributed by atoms with Crippen molar-refractivity contribution in [2.45, 2.75) is 33.1 Å². The van der Waals surface area contributed by atoms with Crippen molar-refractivity contribution >= 4 is 33.3 Å². The Bertz CT molecular complexity index is 1270. The Labute approximate surface area is 178 Å². The molecule has 30 heavy (non-hydrogen) atoms. The number of hydrogen-bond acceptors (Lipinski definition) is 5. The zero-order valence-corrected chi connectivity index (χ0v) is 17.9. The minimum Gasteiger partial charge on any atom is -0.494 e. The third-order valence-corrected chi connectivity index (χ3v) is 6.50. The predicted molar refractivity (Wildman–Crippen MR) is 119 cm³/mol. The maximum Gasteiger partial charge on any atom is 0.226 e. The van der Waals surface area contributed by atoms with Gasteiger partial charge < -0.3 is 10.1 Å². The van der Waals surface area contributed by atoms with Gasteiger partial charge in [-0.05, 0) is 50.1 Å². The normalized spacial score (nSPS) is 15.8. The second-order valence-electron chi connectivity index (χ2n) is 7.48. The van der Waals surface area contributed by atoms with Gasteiger partial charge in [-0.2, -0.15) is 9.78 Å². The number of aromatic nitrogens is 3. The average molecular weight is 419 g/mol. The van der Waals surface area contributed by atoms with Gasteiger partial charge in [0.1, 0.15) is 11.6 Å².